The summed E-state index contributed by atoms with van der Waals surface area (Å²) in [4.78, 5) is 14.4. The summed E-state index contributed by atoms with van der Waals surface area (Å²) in [5.74, 6) is 0.726. The van der Waals surface area contributed by atoms with Crippen molar-refractivity contribution in [3.05, 3.63) is 17.0 Å². The van der Waals surface area contributed by atoms with E-state index in [1.165, 1.54) is 12.8 Å². The first-order valence-electron chi connectivity index (χ1n) is 8.53. The van der Waals surface area contributed by atoms with Gasteiger partial charge in [0.25, 0.3) is 0 Å². The average molecular weight is 322 g/mol. The van der Waals surface area contributed by atoms with Crippen LogP contribution in [0.5, 0.6) is 0 Å². The number of hydrogen-bond acceptors (Lipinski definition) is 4. The summed E-state index contributed by atoms with van der Waals surface area (Å²) in [6.07, 6.45) is 2.19. The van der Waals surface area contributed by atoms with E-state index in [1.807, 2.05) is 20.9 Å². The number of aliphatic hydroxyl groups excluding tert-OH is 1. The van der Waals surface area contributed by atoms with Crippen molar-refractivity contribution in [3.8, 4) is 0 Å². The van der Waals surface area contributed by atoms with Crippen molar-refractivity contribution in [2.24, 2.45) is 13.0 Å². The molecule has 2 rings (SSSR count). The van der Waals surface area contributed by atoms with Gasteiger partial charge in [-0.1, -0.05) is 6.92 Å². The molecule has 0 bridgehead atoms. The van der Waals surface area contributed by atoms with Gasteiger partial charge in [0.15, 0.2) is 0 Å². The summed E-state index contributed by atoms with van der Waals surface area (Å²) >= 11 is 0. The fraction of sp³-hybridized carbons (Fsp3) is 0.765. The molecule has 0 saturated carbocycles. The number of carbonyl (C=O) groups excluding carboxylic acids is 1. The van der Waals surface area contributed by atoms with Crippen LogP contribution in [0.1, 0.15) is 36.7 Å². The Morgan fingerprint density at radius 1 is 1.39 bits per heavy atom. The van der Waals surface area contributed by atoms with E-state index in [9.17, 15) is 9.90 Å². The number of aliphatic hydroxyl groups is 1. The number of nitrogens with zero attached hydrogens (tertiary/aromatic N) is 3. The van der Waals surface area contributed by atoms with E-state index in [0.717, 1.165) is 36.0 Å². The Balaban J connectivity index is 1.73. The van der Waals surface area contributed by atoms with Crippen LogP contribution in [0, 0.1) is 19.8 Å². The highest BCUT2D eigenvalue weighted by atomic mass is 16.3. The molecule has 6 nitrogen and oxygen atoms in total. The summed E-state index contributed by atoms with van der Waals surface area (Å²) in [6.45, 7) is 9.19. The lowest BCUT2D eigenvalue weighted by molar-refractivity contribution is -0.121. The van der Waals surface area contributed by atoms with Gasteiger partial charge in [-0.15, -0.1) is 0 Å². The van der Waals surface area contributed by atoms with Crippen molar-refractivity contribution in [2.45, 2.75) is 46.1 Å². The molecular formula is C17H30N4O2. The van der Waals surface area contributed by atoms with E-state index < -0.39 is 6.10 Å². The van der Waals surface area contributed by atoms with Crippen molar-refractivity contribution in [2.75, 3.05) is 26.2 Å². The standard InChI is InChI=1S/C17H30N4O2/c1-12-5-7-21(8-6-12)11-15(22)10-18-17(23)9-16-13(2)19-20(4)14(16)3/h12,15,22H,5-11H2,1-4H3,(H,18,23). The number of amides is 1. The van der Waals surface area contributed by atoms with Gasteiger partial charge in [0.05, 0.1) is 18.2 Å². The molecule has 1 aromatic heterocycles. The molecule has 0 aromatic carbocycles. The van der Waals surface area contributed by atoms with Crippen LogP contribution in [-0.4, -0.2) is 58.0 Å². The Kier molecular flexibility index (Phi) is 6.18. The molecule has 0 aliphatic carbocycles. The lowest BCUT2D eigenvalue weighted by Crippen LogP contribution is -2.43. The lowest BCUT2D eigenvalue weighted by Gasteiger charge is -2.31. The molecule has 130 valence electrons. The molecular weight excluding hydrogens is 292 g/mol. The predicted octanol–water partition coefficient (Wildman–Crippen LogP) is 0.788. The van der Waals surface area contributed by atoms with Gasteiger partial charge < -0.3 is 15.3 Å². The zero-order valence-corrected chi connectivity index (χ0v) is 14.8. The van der Waals surface area contributed by atoms with E-state index in [1.54, 1.807) is 4.68 Å². The Morgan fingerprint density at radius 2 is 2.04 bits per heavy atom. The summed E-state index contributed by atoms with van der Waals surface area (Å²) in [5.41, 5.74) is 2.88. The third-order valence-corrected chi connectivity index (χ3v) is 4.88. The van der Waals surface area contributed by atoms with Crippen LogP contribution in [0.3, 0.4) is 0 Å². The number of carbonyl (C=O) groups is 1. The van der Waals surface area contributed by atoms with Gasteiger partial charge >= 0.3 is 0 Å². The first-order chi connectivity index (χ1) is 10.9. The molecule has 1 amide bonds. The predicted molar refractivity (Wildman–Crippen MR) is 90.2 cm³/mol. The minimum Gasteiger partial charge on any atom is -0.390 e. The molecule has 1 saturated heterocycles. The van der Waals surface area contributed by atoms with Gasteiger partial charge in [0, 0.05) is 31.4 Å². The Labute approximate surface area is 138 Å². The molecule has 2 N–H and O–H groups in total. The highest BCUT2D eigenvalue weighted by molar-refractivity contribution is 5.79. The summed E-state index contributed by atoms with van der Waals surface area (Å²) in [7, 11) is 1.88. The smallest absolute Gasteiger partial charge is 0.224 e. The molecule has 1 aliphatic rings. The minimum atomic E-state index is -0.511. The number of hydrogen-bond donors (Lipinski definition) is 2. The molecule has 1 atom stereocenters. The van der Waals surface area contributed by atoms with Crippen LogP contribution in [0.15, 0.2) is 0 Å². The number of aryl methyl sites for hydroxylation is 2. The van der Waals surface area contributed by atoms with Crippen LogP contribution in [0.25, 0.3) is 0 Å². The van der Waals surface area contributed by atoms with Gasteiger partial charge in [0.2, 0.25) is 5.91 Å². The normalized spacial score (nSPS) is 18.1. The topological polar surface area (TPSA) is 70.4 Å². The lowest BCUT2D eigenvalue weighted by atomic mass is 9.99. The molecule has 1 aliphatic heterocycles. The van der Waals surface area contributed by atoms with Gasteiger partial charge in [-0.25, -0.2) is 0 Å². The third kappa shape index (κ3) is 5.04. The summed E-state index contributed by atoms with van der Waals surface area (Å²) < 4.78 is 1.80. The second kappa shape index (κ2) is 7.93. The Hall–Kier alpha value is -1.40. The van der Waals surface area contributed by atoms with Crippen LogP contribution in [-0.2, 0) is 18.3 Å². The molecule has 23 heavy (non-hydrogen) atoms. The second-order valence-electron chi connectivity index (χ2n) is 6.89. The number of piperidine rings is 1. The first-order valence-corrected chi connectivity index (χ1v) is 8.53. The van der Waals surface area contributed by atoms with E-state index in [2.05, 4.69) is 22.2 Å². The molecule has 1 unspecified atom stereocenters. The summed E-state index contributed by atoms with van der Waals surface area (Å²) in [6, 6.07) is 0. The number of aromatic nitrogens is 2. The maximum Gasteiger partial charge on any atom is 0.224 e. The minimum absolute atomic E-state index is 0.0597. The Bertz CT molecular complexity index is 533. The fourth-order valence-electron chi connectivity index (χ4n) is 3.14. The maximum atomic E-state index is 12.1. The van der Waals surface area contributed by atoms with E-state index in [-0.39, 0.29) is 5.91 Å². The van der Waals surface area contributed by atoms with Gasteiger partial charge in [0.1, 0.15) is 0 Å². The monoisotopic (exact) mass is 322 g/mol. The highest BCUT2D eigenvalue weighted by Crippen LogP contribution is 2.16. The van der Waals surface area contributed by atoms with Crippen molar-refractivity contribution in [1.29, 1.82) is 0 Å². The Morgan fingerprint density at radius 3 is 2.61 bits per heavy atom. The number of rotatable bonds is 6. The molecule has 2 heterocycles. The SMILES string of the molecule is Cc1nn(C)c(C)c1CC(=O)NCC(O)CN1CCC(C)CC1. The molecule has 1 fully saturated rings. The highest BCUT2D eigenvalue weighted by Gasteiger charge is 2.19. The van der Waals surface area contributed by atoms with E-state index >= 15 is 0 Å². The van der Waals surface area contributed by atoms with Crippen molar-refractivity contribution in [1.82, 2.24) is 20.0 Å². The van der Waals surface area contributed by atoms with Crippen molar-refractivity contribution in [3.63, 3.8) is 0 Å². The third-order valence-electron chi connectivity index (χ3n) is 4.88. The number of nitrogens with one attached hydrogen (secondary N) is 1. The van der Waals surface area contributed by atoms with Crippen molar-refractivity contribution >= 4 is 5.91 Å². The van der Waals surface area contributed by atoms with E-state index in [4.69, 9.17) is 0 Å². The van der Waals surface area contributed by atoms with Gasteiger partial charge in [-0.05, 0) is 45.7 Å². The number of likely N-dealkylation sites (tertiary alicyclic amines) is 1. The van der Waals surface area contributed by atoms with Crippen molar-refractivity contribution < 1.29 is 9.90 Å². The summed E-state index contributed by atoms with van der Waals surface area (Å²) in [5, 5.41) is 17.3. The van der Waals surface area contributed by atoms with Crippen LogP contribution in [0.2, 0.25) is 0 Å². The van der Waals surface area contributed by atoms with Crippen LogP contribution in [0.4, 0.5) is 0 Å². The van der Waals surface area contributed by atoms with Crippen LogP contribution >= 0.6 is 0 Å². The van der Waals surface area contributed by atoms with Crippen LogP contribution < -0.4 is 5.32 Å². The molecule has 1 aromatic rings. The fourth-order valence-corrected chi connectivity index (χ4v) is 3.14. The molecule has 0 spiro atoms. The van der Waals surface area contributed by atoms with E-state index in [0.29, 0.717) is 19.5 Å². The zero-order chi connectivity index (χ0) is 17.0. The average Bonchev–Trinajstić information content (AvgIpc) is 2.74. The van der Waals surface area contributed by atoms with Gasteiger partial charge in [-0.3, -0.25) is 9.48 Å². The maximum absolute atomic E-state index is 12.1. The number of β-amino-alcohol motifs (C(OH)–C–C–N with tert-alkyl or cyclic N) is 1. The zero-order valence-electron chi connectivity index (χ0n) is 14.8. The second-order valence-corrected chi connectivity index (χ2v) is 6.89. The largest absolute Gasteiger partial charge is 0.390 e. The molecule has 0 radical (unpaired) electrons. The first kappa shape index (κ1) is 17.9. The quantitative estimate of drug-likeness (QED) is 0.812. The molecule has 6 heteroatoms. The van der Waals surface area contributed by atoms with Gasteiger partial charge in [-0.2, -0.15) is 5.10 Å².